The highest BCUT2D eigenvalue weighted by Crippen LogP contribution is 2.24. The molecular weight excluding hydrogens is 168 g/mol. The molecule has 0 bridgehead atoms. The van der Waals surface area contributed by atoms with Crippen LogP contribution in [0.3, 0.4) is 0 Å². The quantitative estimate of drug-likeness (QED) is 0.673. The summed E-state index contributed by atoms with van der Waals surface area (Å²) in [5.74, 6) is -0.180. The first kappa shape index (κ1) is 10.7. The van der Waals surface area contributed by atoms with Gasteiger partial charge in [0.25, 0.3) is 0 Å². The molecule has 0 radical (unpaired) electrons. The molecule has 0 aromatic carbocycles. The molecule has 1 aliphatic rings. The Labute approximate surface area is 79.4 Å². The van der Waals surface area contributed by atoms with Crippen molar-refractivity contribution in [2.24, 2.45) is 5.92 Å². The Hall–Kier alpha value is -0.410. The van der Waals surface area contributed by atoms with E-state index in [1.807, 2.05) is 27.7 Å². The number of ketones is 1. The highest BCUT2D eigenvalue weighted by atomic mass is 16.7. The predicted octanol–water partition coefficient (Wildman–Crippen LogP) is 1.75. The van der Waals surface area contributed by atoms with Crippen molar-refractivity contribution in [2.45, 2.75) is 46.0 Å². The van der Waals surface area contributed by atoms with E-state index < -0.39 is 5.79 Å². The van der Waals surface area contributed by atoms with Crippen molar-refractivity contribution in [3.63, 3.8) is 0 Å². The SMILES string of the molecule is CC(C)C(=O)C[C@H]1COC(C)(C)O1. The van der Waals surface area contributed by atoms with Gasteiger partial charge in [-0.3, -0.25) is 4.79 Å². The van der Waals surface area contributed by atoms with E-state index in [9.17, 15) is 4.79 Å². The van der Waals surface area contributed by atoms with E-state index in [1.165, 1.54) is 0 Å². The van der Waals surface area contributed by atoms with Crippen molar-refractivity contribution >= 4 is 5.78 Å². The monoisotopic (exact) mass is 186 g/mol. The van der Waals surface area contributed by atoms with E-state index in [0.717, 1.165) is 0 Å². The number of rotatable bonds is 3. The Morgan fingerprint density at radius 2 is 2.15 bits per heavy atom. The summed E-state index contributed by atoms with van der Waals surface area (Å²) in [6, 6.07) is 0. The number of carbonyl (C=O) groups is 1. The number of carbonyl (C=O) groups excluding carboxylic acids is 1. The number of hydrogen-bond donors (Lipinski definition) is 0. The van der Waals surface area contributed by atoms with E-state index in [1.54, 1.807) is 0 Å². The highest BCUT2D eigenvalue weighted by Gasteiger charge is 2.33. The zero-order chi connectivity index (χ0) is 10.1. The van der Waals surface area contributed by atoms with Gasteiger partial charge in [0.15, 0.2) is 5.79 Å². The standard InChI is InChI=1S/C10H18O3/c1-7(2)9(11)5-8-6-12-10(3,4)13-8/h7-8H,5-6H2,1-4H3/t8-/m0/s1. The Morgan fingerprint density at radius 1 is 1.54 bits per heavy atom. The summed E-state index contributed by atoms with van der Waals surface area (Å²) < 4.78 is 10.9. The van der Waals surface area contributed by atoms with Gasteiger partial charge in [0, 0.05) is 12.3 Å². The maximum absolute atomic E-state index is 11.4. The van der Waals surface area contributed by atoms with Crippen LogP contribution in [0.25, 0.3) is 0 Å². The lowest BCUT2D eigenvalue weighted by Gasteiger charge is -2.17. The zero-order valence-corrected chi connectivity index (χ0v) is 8.79. The van der Waals surface area contributed by atoms with Crippen LogP contribution in [-0.4, -0.2) is 24.3 Å². The average Bonchev–Trinajstić information content (AvgIpc) is 2.30. The smallest absolute Gasteiger partial charge is 0.163 e. The van der Waals surface area contributed by atoms with Crippen LogP contribution in [0, 0.1) is 5.92 Å². The molecule has 0 aliphatic carbocycles. The maximum Gasteiger partial charge on any atom is 0.163 e. The van der Waals surface area contributed by atoms with Crippen LogP contribution in [0.5, 0.6) is 0 Å². The largest absolute Gasteiger partial charge is 0.348 e. The normalized spacial score (nSPS) is 26.7. The van der Waals surface area contributed by atoms with Gasteiger partial charge in [-0.1, -0.05) is 13.8 Å². The minimum atomic E-state index is -0.512. The molecule has 1 rings (SSSR count). The van der Waals surface area contributed by atoms with E-state index >= 15 is 0 Å². The van der Waals surface area contributed by atoms with Crippen LogP contribution in [0.2, 0.25) is 0 Å². The lowest BCUT2D eigenvalue weighted by molar-refractivity contribution is -0.143. The Balaban J connectivity index is 2.37. The molecule has 0 amide bonds. The van der Waals surface area contributed by atoms with Gasteiger partial charge >= 0.3 is 0 Å². The molecule has 1 aliphatic heterocycles. The molecule has 0 saturated carbocycles. The zero-order valence-electron chi connectivity index (χ0n) is 8.79. The summed E-state index contributed by atoms with van der Waals surface area (Å²) in [7, 11) is 0. The van der Waals surface area contributed by atoms with Crippen LogP contribution in [-0.2, 0) is 14.3 Å². The van der Waals surface area contributed by atoms with Gasteiger partial charge in [0.1, 0.15) is 5.78 Å². The van der Waals surface area contributed by atoms with E-state index in [4.69, 9.17) is 9.47 Å². The van der Waals surface area contributed by atoms with Crippen molar-refractivity contribution in [1.82, 2.24) is 0 Å². The van der Waals surface area contributed by atoms with Gasteiger partial charge in [-0.05, 0) is 13.8 Å². The third kappa shape index (κ3) is 3.08. The Morgan fingerprint density at radius 3 is 2.54 bits per heavy atom. The van der Waals surface area contributed by atoms with Gasteiger partial charge in [-0.15, -0.1) is 0 Å². The summed E-state index contributed by atoms with van der Waals surface area (Å²) in [5.41, 5.74) is 0. The van der Waals surface area contributed by atoms with Crippen LogP contribution in [0.15, 0.2) is 0 Å². The second-order valence-electron chi connectivity index (χ2n) is 4.28. The topological polar surface area (TPSA) is 35.5 Å². The lowest BCUT2D eigenvalue weighted by atomic mass is 10.0. The van der Waals surface area contributed by atoms with Crippen LogP contribution >= 0.6 is 0 Å². The fourth-order valence-corrected chi connectivity index (χ4v) is 1.32. The minimum absolute atomic E-state index is 0.0510. The number of hydrogen-bond acceptors (Lipinski definition) is 3. The molecule has 0 unspecified atom stereocenters. The molecule has 1 saturated heterocycles. The molecule has 3 nitrogen and oxygen atoms in total. The molecule has 1 atom stereocenters. The third-order valence-electron chi connectivity index (χ3n) is 2.14. The average molecular weight is 186 g/mol. The van der Waals surface area contributed by atoms with Gasteiger partial charge in [0.05, 0.1) is 12.7 Å². The molecule has 0 aromatic heterocycles. The summed E-state index contributed by atoms with van der Waals surface area (Å²) in [6.07, 6.45) is 0.422. The maximum atomic E-state index is 11.4. The first-order chi connectivity index (χ1) is 5.91. The number of Topliss-reactive ketones (excluding diaryl/α,β-unsaturated/α-hetero) is 1. The molecule has 76 valence electrons. The predicted molar refractivity (Wildman–Crippen MR) is 49.4 cm³/mol. The fraction of sp³-hybridized carbons (Fsp3) is 0.900. The van der Waals surface area contributed by atoms with E-state index in [0.29, 0.717) is 13.0 Å². The van der Waals surface area contributed by atoms with Gasteiger partial charge < -0.3 is 9.47 Å². The summed E-state index contributed by atoms with van der Waals surface area (Å²) >= 11 is 0. The van der Waals surface area contributed by atoms with Crippen LogP contribution in [0.4, 0.5) is 0 Å². The third-order valence-corrected chi connectivity index (χ3v) is 2.14. The van der Waals surface area contributed by atoms with Crippen molar-refractivity contribution < 1.29 is 14.3 Å². The van der Waals surface area contributed by atoms with Crippen LogP contribution < -0.4 is 0 Å². The molecule has 1 fully saturated rings. The van der Waals surface area contributed by atoms with Gasteiger partial charge in [-0.25, -0.2) is 0 Å². The molecular formula is C10H18O3. The second kappa shape index (κ2) is 3.76. The summed E-state index contributed by atoms with van der Waals surface area (Å²) in [4.78, 5) is 11.4. The molecule has 1 heterocycles. The Kier molecular flexibility index (Phi) is 3.09. The van der Waals surface area contributed by atoms with Crippen molar-refractivity contribution in [2.75, 3.05) is 6.61 Å². The summed E-state index contributed by atoms with van der Waals surface area (Å²) in [6.45, 7) is 8.08. The number of ether oxygens (including phenoxy) is 2. The first-order valence-corrected chi connectivity index (χ1v) is 4.75. The minimum Gasteiger partial charge on any atom is -0.348 e. The molecule has 0 spiro atoms. The van der Waals surface area contributed by atoms with Gasteiger partial charge in [0.2, 0.25) is 0 Å². The molecule has 13 heavy (non-hydrogen) atoms. The van der Waals surface area contributed by atoms with Crippen molar-refractivity contribution in [1.29, 1.82) is 0 Å². The summed E-state index contributed by atoms with van der Waals surface area (Å²) in [5, 5.41) is 0. The lowest BCUT2D eigenvalue weighted by Crippen LogP contribution is -2.24. The fourth-order valence-electron chi connectivity index (χ4n) is 1.32. The highest BCUT2D eigenvalue weighted by molar-refractivity contribution is 5.80. The Bertz CT molecular complexity index is 196. The van der Waals surface area contributed by atoms with Crippen molar-refractivity contribution in [3.8, 4) is 0 Å². The van der Waals surface area contributed by atoms with E-state index in [-0.39, 0.29) is 17.8 Å². The molecule has 3 heteroatoms. The van der Waals surface area contributed by atoms with Gasteiger partial charge in [-0.2, -0.15) is 0 Å². The van der Waals surface area contributed by atoms with E-state index in [2.05, 4.69) is 0 Å². The molecule has 0 N–H and O–H groups in total. The first-order valence-electron chi connectivity index (χ1n) is 4.75. The van der Waals surface area contributed by atoms with Crippen molar-refractivity contribution in [3.05, 3.63) is 0 Å². The molecule has 0 aromatic rings. The second-order valence-corrected chi connectivity index (χ2v) is 4.28. The van der Waals surface area contributed by atoms with Crippen LogP contribution in [0.1, 0.15) is 34.1 Å².